The highest BCUT2D eigenvalue weighted by Crippen LogP contribution is 2.19. The van der Waals surface area contributed by atoms with Gasteiger partial charge in [-0.1, -0.05) is 0 Å². The van der Waals surface area contributed by atoms with E-state index in [1.54, 1.807) is 0 Å². The van der Waals surface area contributed by atoms with Gasteiger partial charge in [0, 0.05) is 0 Å². The lowest BCUT2D eigenvalue weighted by atomic mass is 10.3. The van der Waals surface area contributed by atoms with Gasteiger partial charge >= 0.3 is 0 Å². The van der Waals surface area contributed by atoms with Crippen LogP contribution >= 0.6 is 0 Å². The Labute approximate surface area is 107 Å². The molecule has 2 aromatic rings. The second kappa shape index (κ2) is 4.93. The van der Waals surface area contributed by atoms with Gasteiger partial charge < -0.3 is 4.42 Å². The number of rotatable bonds is 4. The van der Waals surface area contributed by atoms with E-state index < -0.39 is 27.2 Å². The molecule has 1 aromatic heterocycles. The Hall–Kier alpha value is -2.02. The van der Waals surface area contributed by atoms with Crippen LogP contribution in [0, 0.1) is 11.6 Å². The van der Waals surface area contributed by atoms with Crippen LogP contribution in [0.2, 0.25) is 0 Å². The zero-order valence-corrected chi connectivity index (χ0v) is 10.3. The lowest BCUT2D eigenvalue weighted by Crippen LogP contribution is -2.05. The van der Waals surface area contributed by atoms with Crippen LogP contribution < -0.4 is 0 Å². The van der Waals surface area contributed by atoms with Crippen LogP contribution in [-0.4, -0.2) is 14.7 Å². The Morgan fingerprint density at radius 2 is 1.84 bits per heavy atom. The van der Waals surface area contributed by atoms with E-state index in [4.69, 9.17) is 4.42 Å². The number of carbonyl (C=O) groups excluding carboxylic acids is 1. The Morgan fingerprint density at radius 3 is 2.42 bits per heavy atom. The van der Waals surface area contributed by atoms with Gasteiger partial charge in [-0.15, -0.1) is 0 Å². The number of benzene rings is 1. The normalized spacial score (nSPS) is 11.5. The molecule has 1 heterocycles. The quantitative estimate of drug-likeness (QED) is 0.639. The molecule has 1 aromatic carbocycles. The van der Waals surface area contributed by atoms with Crippen molar-refractivity contribution in [3.63, 3.8) is 0 Å². The fourth-order valence-corrected chi connectivity index (χ4v) is 2.73. The fraction of sp³-hybridized carbons (Fsp3) is 0.0833. The van der Waals surface area contributed by atoms with Crippen molar-refractivity contribution in [2.75, 3.05) is 0 Å². The van der Waals surface area contributed by atoms with Gasteiger partial charge in [-0.3, -0.25) is 4.79 Å². The van der Waals surface area contributed by atoms with Gasteiger partial charge in [-0.2, -0.15) is 0 Å². The van der Waals surface area contributed by atoms with E-state index in [0.29, 0.717) is 12.4 Å². The van der Waals surface area contributed by atoms with Gasteiger partial charge in [-0.05, 0) is 30.3 Å². The van der Waals surface area contributed by atoms with Gasteiger partial charge in [0.05, 0.1) is 4.90 Å². The van der Waals surface area contributed by atoms with Crippen LogP contribution in [-0.2, 0) is 15.6 Å². The van der Waals surface area contributed by atoms with Crippen LogP contribution in [0.1, 0.15) is 16.3 Å². The number of furan rings is 1. The molecule has 19 heavy (non-hydrogen) atoms. The maximum atomic E-state index is 13.0. The van der Waals surface area contributed by atoms with Crippen molar-refractivity contribution in [1.82, 2.24) is 0 Å². The molecule has 100 valence electrons. The first-order valence-electron chi connectivity index (χ1n) is 5.14. The Bertz CT molecular complexity index is 719. The predicted molar refractivity (Wildman–Crippen MR) is 61.3 cm³/mol. The summed E-state index contributed by atoms with van der Waals surface area (Å²) in [4.78, 5) is 10.1. The number of sulfone groups is 1. The lowest BCUT2D eigenvalue weighted by Gasteiger charge is -2.03. The largest absolute Gasteiger partial charge is 0.457 e. The van der Waals surface area contributed by atoms with Gasteiger partial charge in [0.1, 0.15) is 11.5 Å². The summed E-state index contributed by atoms with van der Waals surface area (Å²) in [5, 5.41) is 0. The van der Waals surface area contributed by atoms with E-state index in [9.17, 15) is 22.0 Å². The molecule has 0 aliphatic carbocycles. The zero-order chi connectivity index (χ0) is 14.0. The van der Waals surface area contributed by atoms with E-state index in [2.05, 4.69) is 0 Å². The number of hydrogen-bond donors (Lipinski definition) is 0. The SMILES string of the molecule is O=Cc1ccc(CS(=O)(=O)c2ccc(F)c(F)c2)o1. The lowest BCUT2D eigenvalue weighted by molar-refractivity contribution is 0.109. The Morgan fingerprint density at radius 1 is 1.11 bits per heavy atom. The number of hydrogen-bond acceptors (Lipinski definition) is 4. The summed E-state index contributed by atoms with van der Waals surface area (Å²) in [5.74, 6) is -2.86. The van der Waals surface area contributed by atoms with Crippen molar-refractivity contribution in [3.05, 3.63) is 53.5 Å². The minimum absolute atomic E-state index is 0.00418. The van der Waals surface area contributed by atoms with Gasteiger partial charge in [-0.25, -0.2) is 17.2 Å². The van der Waals surface area contributed by atoms with Crippen molar-refractivity contribution >= 4 is 16.1 Å². The molecule has 0 aliphatic heterocycles. The van der Waals surface area contributed by atoms with Crippen molar-refractivity contribution < 1.29 is 26.4 Å². The molecule has 7 heteroatoms. The summed E-state index contributed by atoms with van der Waals surface area (Å²) >= 11 is 0. The average Bonchev–Trinajstić information content (AvgIpc) is 2.79. The fourth-order valence-electron chi connectivity index (χ4n) is 1.48. The molecule has 0 fully saturated rings. The van der Waals surface area contributed by atoms with Crippen molar-refractivity contribution in [3.8, 4) is 0 Å². The number of carbonyl (C=O) groups is 1. The average molecular weight is 286 g/mol. The molecule has 0 amide bonds. The topological polar surface area (TPSA) is 64.3 Å². The van der Waals surface area contributed by atoms with E-state index in [-0.39, 0.29) is 16.4 Å². The highest BCUT2D eigenvalue weighted by atomic mass is 32.2. The maximum Gasteiger partial charge on any atom is 0.185 e. The van der Waals surface area contributed by atoms with Crippen LogP contribution in [0.15, 0.2) is 39.6 Å². The van der Waals surface area contributed by atoms with Crippen molar-refractivity contribution in [1.29, 1.82) is 0 Å². The van der Waals surface area contributed by atoms with E-state index in [0.717, 1.165) is 12.1 Å². The van der Waals surface area contributed by atoms with Gasteiger partial charge in [0.25, 0.3) is 0 Å². The van der Waals surface area contributed by atoms with Crippen LogP contribution in [0.3, 0.4) is 0 Å². The molecule has 0 radical (unpaired) electrons. The third-order valence-corrected chi connectivity index (χ3v) is 4.02. The predicted octanol–water partition coefficient (Wildman–Crippen LogP) is 2.34. The first kappa shape index (κ1) is 13.4. The van der Waals surface area contributed by atoms with E-state index in [1.165, 1.54) is 12.1 Å². The molecule has 0 atom stereocenters. The molecule has 4 nitrogen and oxygen atoms in total. The molecule has 0 aliphatic rings. The molecule has 0 spiro atoms. The van der Waals surface area contributed by atoms with Crippen LogP contribution in [0.4, 0.5) is 8.78 Å². The van der Waals surface area contributed by atoms with Crippen LogP contribution in [0.25, 0.3) is 0 Å². The van der Waals surface area contributed by atoms with E-state index >= 15 is 0 Å². The molecule has 2 rings (SSSR count). The molecular formula is C12H8F2O4S. The summed E-state index contributed by atoms with van der Waals surface area (Å²) in [7, 11) is -3.86. The molecule has 0 saturated carbocycles. The van der Waals surface area contributed by atoms with Crippen molar-refractivity contribution in [2.24, 2.45) is 0 Å². The van der Waals surface area contributed by atoms with Crippen molar-refractivity contribution in [2.45, 2.75) is 10.6 Å². The second-order valence-corrected chi connectivity index (χ2v) is 5.75. The molecule has 0 unspecified atom stereocenters. The molecule has 0 saturated heterocycles. The second-order valence-electron chi connectivity index (χ2n) is 3.76. The Balaban J connectivity index is 2.31. The summed E-state index contributed by atoms with van der Waals surface area (Å²) in [6, 6.07) is 4.97. The summed E-state index contributed by atoms with van der Waals surface area (Å²) in [6.07, 6.45) is 0.438. The highest BCUT2D eigenvalue weighted by Gasteiger charge is 2.19. The zero-order valence-electron chi connectivity index (χ0n) is 9.47. The third kappa shape index (κ3) is 2.87. The maximum absolute atomic E-state index is 13.0. The minimum atomic E-state index is -3.86. The molecule has 0 N–H and O–H groups in total. The minimum Gasteiger partial charge on any atom is -0.457 e. The van der Waals surface area contributed by atoms with Gasteiger partial charge in [0.2, 0.25) is 0 Å². The summed E-state index contributed by atoms with van der Waals surface area (Å²) < 4.78 is 54.5. The van der Waals surface area contributed by atoms with Crippen LogP contribution in [0.5, 0.6) is 0 Å². The monoisotopic (exact) mass is 286 g/mol. The Kier molecular flexibility index (Phi) is 3.48. The standard InChI is InChI=1S/C12H8F2O4S/c13-11-4-3-10(5-12(11)14)19(16,17)7-9-2-1-8(6-15)18-9/h1-6H,7H2. The third-order valence-electron chi connectivity index (χ3n) is 2.38. The van der Waals surface area contributed by atoms with Gasteiger partial charge in [0.15, 0.2) is 33.5 Å². The van der Waals surface area contributed by atoms with E-state index in [1.807, 2.05) is 0 Å². The molecule has 0 bridgehead atoms. The number of aldehydes is 1. The first-order valence-corrected chi connectivity index (χ1v) is 6.79. The molecular weight excluding hydrogens is 278 g/mol. The number of halogens is 2. The first-order chi connectivity index (χ1) is 8.92. The highest BCUT2D eigenvalue weighted by molar-refractivity contribution is 7.90. The summed E-state index contributed by atoms with van der Waals surface area (Å²) in [6.45, 7) is 0. The smallest absolute Gasteiger partial charge is 0.185 e. The summed E-state index contributed by atoms with van der Waals surface area (Å²) in [5.41, 5.74) is 0.